The Bertz CT molecular complexity index is 580. The Hall–Kier alpha value is -0.870. The van der Waals surface area contributed by atoms with E-state index in [1.54, 1.807) is 11.3 Å². The molecule has 0 bridgehead atoms. The van der Waals surface area contributed by atoms with Crippen LogP contribution in [0, 0.1) is 13.8 Å². The Morgan fingerprint density at radius 2 is 1.95 bits per heavy atom. The van der Waals surface area contributed by atoms with E-state index < -0.39 is 0 Å². The van der Waals surface area contributed by atoms with E-state index in [9.17, 15) is 0 Å². The molecule has 104 valence electrons. The first-order chi connectivity index (χ1) is 9.08. The van der Waals surface area contributed by atoms with Crippen LogP contribution in [0.5, 0.6) is 0 Å². The van der Waals surface area contributed by atoms with Crippen LogP contribution in [0.2, 0.25) is 5.28 Å². The summed E-state index contributed by atoms with van der Waals surface area (Å²) in [6.45, 7) is 10.6. The number of halogens is 1. The van der Waals surface area contributed by atoms with Crippen molar-refractivity contribution in [3.8, 4) is 0 Å². The van der Waals surface area contributed by atoms with Gasteiger partial charge in [0.25, 0.3) is 0 Å². The van der Waals surface area contributed by atoms with Crippen molar-refractivity contribution in [2.45, 2.75) is 40.5 Å². The van der Waals surface area contributed by atoms with Gasteiger partial charge in [0.1, 0.15) is 10.6 Å². The van der Waals surface area contributed by atoms with Gasteiger partial charge in [-0.25, -0.2) is 4.98 Å². The molecule has 0 spiro atoms. The second-order valence-electron chi connectivity index (χ2n) is 4.71. The number of fused-ring (bicyclic) bond motifs is 1. The summed E-state index contributed by atoms with van der Waals surface area (Å²) in [7, 11) is 0. The van der Waals surface area contributed by atoms with E-state index in [1.807, 2.05) is 0 Å². The summed E-state index contributed by atoms with van der Waals surface area (Å²) in [5.41, 5.74) is 1.28. The molecule has 2 rings (SSSR count). The lowest BCUT2D eigenvalue weighted by molar-refractivity contribution is 0.726. The highest BCUT2D eigenvalue weighted by atomic mass is 35.5. The topological polar surface area (TPSA) is 29.0 Å². The number of unbranched alkanes of at least 4 members (excludes halogenated alkanes) is 1. The molecule has 2 aromatic heterocycles. The number of hydrogen-bond donors (Lipinski definition) is 0. The summed E-state index contributed by atoms with van der Waals surface area (Å²) in [4.78, 5) is 13.4. The van der Waals surface area contributed by atoms with Crippen LogP contribution in [-0.4, -0.2) is 23.1 Å². The predicted molar refractivity (Wildman–Crippen MR) is 84.7 cm³/mol. The van der Waals surface area contributed by atoms with Crippen molar-refractivity contribution in [1.29, 1.82) is 0 Å². The maximum absolute atomic E-state index is 6.08. The van der Waals surface area contributed by atoms with Crippen molar-refractivity contribution in [3.63, 3.8) is 0 Å². The summed E-state index contributed by atoms with van der Waals surface area (Å²) in [5, 5.41) is 1.52. The summed E-state index contributed by atoms with van der Waals surface area (Å²) in [6, 6.07) is 0. The van der Waals surface area contributed by atoms with Gasteiger partial charge in [-0.3, -0.25) is 0 Å². The second-order valence-corrected chi connectivity index (χ2v) is 6.25. The van der Waals surface area contributed by atoms with Crippen molar-refractivity contribution in [2.75, 3.05) is 18.0 Å². The first kappa shape index (κ1) is 14.5. The standard InChI is InChI=1S/C14H20ClN3S/c1-5-7-8-18(6-2)12-11-9(3)10(4)19-13(11)17-14(15)16-12/h5-8H2,1-4H3. The molecule has 2 heterocycles. The minimum absolute atomic E-state index is 0.346. The van der Waals surface area contributed by atoms with E-state index in [2.05, 4.69) is 42.6 Å². The molecule has 0 amide bonds. The van der Waals surface area contributed by atoms with Gasteiger partial charge >= 0.3 is 0 Å². The first-order valence-corrected chi connectivity index (χ1v) is 7.96. The van der Waals surface area contributed by atoms with Crippen molar-refractivity contribution < 1.29 is 0 Å². The Morgan fingerprint density at radius 3 is 2.58 bits per heavy atom. The Balaban J connectivity index is 2.56. The zero-order chi connectivity index (χ0) is 14.0. The smallest absolute Gasteiger partial charge is 0.225 e. The third-order valence-corrected chi connectivity index (χ3v) is 4.72. The van der Waals surface area contributed by atoms with E-state index in [0.29, 0.717) is 5.28 Å². The molecule has 0 fully saturated rings. The van der Waals surface area contributed by atoms with Gasteiger partial charge in [-0.15, -0.1) is 11.3 Å². The summed E-state index contributed by atoms with van der Waals surface area (Å²) in [6.07, 6.45) is 2.35. The first-order valence-electron chi connectivity index (χ1n) is 6.76. The van der Waals surface area contributed by atoms with Crippen molar-refractivity contribution >= 4 is 39.0 Å². The number of hydrogen-bond acceptors (Lipinski definition) is 4. The molecule has 0 radical (unpaired) electrons. The van der Waals surface area contributed by atoms with Crippen LogP contribution < -0.4 is 4.90 Å². The Morgan fingerprint density at radius 1 is 1.21 bits per heavy atom. The van der Waals surface area contributed by atoms with E-state index in [-0.39, 0.29) is 0 Å². The Kier molecular flexibility index (Phi) is 4.63. The maximum atomic E-state index is 6.08. The van der Waals surface area contributed by atoms with E-state index in [1.165, 1.54) is 28.7 Å². The lowest BCUT2D eigenvalue weighted by atomic mass is 10.2. The fourth-order valence-corrected chi connectivity index (χ4v) is 3.43. The van der Waals surface area contributed by atoms with E-state index >= 15 is 0 Å². The van der Waals surface area contributed by atoms with Crippen LogP contribution in [0.1, 0.15) is 37.1 Å². The van der Waals surface area contributed by atoms with Gasteiger partial charge < -0.3 is 4.90 Å². The molecule has 0 aliphatic heterocycles. The van der Waals surface area contributed by atoms with Crippen LogP contribution in [0.3, 0.4) is 0 Å². The molecular formula is C14H20ClN3S. The van der Waals surface area contributed by atoms with Crippen molar-refractivity contribution in [3.05, 3.63) is 15.7 Å². The molecule has 5 heteroatoms. The van der Waals surface area contributed by atoms with Gasteiger partial charge in [0.05, 0.1) is 5.39 Å². The van der Waals surface area contributed by atoms with Crippen molar-refractivity contribution in [1.82, 2.24) is 9.97 Å². The Labute approximate surface area is 123 Å². The van der Waals surface area contributed by atoms with Gasteiger partial charge in [-0.05, 0) is 44.4 Å². The van der Waals surface area contributed by atoms with Crippen LogP contribution in [0.25, 0.3) is 10.2 Å². The zero-order valence-electron chi connectivity index (χ0n) is 12.0. The fourth-order valence-electron chi connectivity index (χ4n) is 2.19. The van der Waals surface area contributed by atoms with Gasteiger partial charge in [0.15, 0.2) is 0 Å². The molecule has 0 aliphatic rings. The van der Waals surface area contributed by atoms with Crippen LogP contribution >= 0.6 is 22.9 Å². The molecule has 0 saturated heterocycles. The highest BCUT2D eigenvalue weighted by Crippen LogP contribution is 2.35. The number of nitrogens with zero attached hydrogens (tertiary/aromatic N) is 3. The number of anilines is 1. The van der Waals surface area contributed by atoms with Crippen LogP contribution in [-0.2, 0) is 0 Å². The van der Waals surface area contributed by atoms with Gasteiger partial charge in [-0.2, -0.15) is 4.98 Å². The highest BCUT2D eigenvalue weighted by molar-refractivity contribution is 7.18. The zero-order valence-corrected chi connectivity index (χ0v) is 13.5. The largest absolute Gasteiger partial charge is 0.356 e. The molecule has 2 aromatic rings. The number of aromatic nitrogens is 2. The molecular weight excluding hydrogens is 278 g/mol. The maximum Gasteiger partial charge on any atom is 0.225 e. The predicted octanol–water partition coefficient (Wildman–Crippen LogP) is 4.59. The van der Waals surface area contributed by atoms with Crippen LogP contribution in [0.4, 0.5) is 5.82 Å². The van der Waals surface area contributed by atoms with Crippen LogP contribution in [0.15, 0.2) is 0 Å². The van der Waals surface area contributed by atoms with E-state index in [0.717, 1.165) is 23.7 Å². The minimum Gasteiger partial charge on any atom is -0.356 e. The van der Waals surface area contributed by atoms with Gasteiger partial charge in [0.2, 0.25) is 5.28 Å². The molecule has 0 atom stereocenters. The third kappa shape index (κ3) is 2.84. The number of aryl methyl sites for hydroxylation is 2. The minimum atomic E-state index is 0.346. The molecule has 0 aromatic carbocycles. The summed E-state index contributed by atoms with van der Waals surface area (Å²) < 4.78 is 0. The lowest BCUT2D eigenvalue weighted by Crippen LogP contribution is -2.25. The molecule has 0 N–H and O–H groups in total. The van der Waals surface area contributed by atoms with Gasteiger partial charge in [-0.1, -0.05) is 13.3 Å². The lowest BCUT2D eigenvalue weighted by Gasteiger charge is -2.22. The third-order valence-electron chi connectivity index (χ3n) is 3.45. The number of thiophene rings is 1. The molecule has 3 nitrogen and oxygen atoms in total. The number of rotatable bonds is 5. The average Bonchev–Trinajstić information content (AvgIpc) is 2.65. The average molecular weight is 298 g/mol. The van der Waals surface area contributed by atoms with E-state index in [4.69, 9.17) is 11.6 Å². The SMILES string of the molecule is CCCCN(CC)c1nc(Cl)nc2sc(C)c(C)c12. The summed E-state index contributed by atoms with van der Waals surface area (Å²) >= 11 is 7.77. The quantitative estimate of drug-likeness (QED) is 0.756. The second kappa shape index (κ2) is 6.06. The van der Waals surface area contributed by atoms with Gasteiger partial charge in [0, 0.05) is 18.0 Å². The summed E-state index contributed by atoms with van der Waals surface area (Å²) in [5.74, 6) is 0.993. The molecule has 19 heavy (non-hydrogen) atoms. The van der Waals surface area contributed by atoms with Crippen molar-refractivity contribution in [2.24, 2.45) is 0 Å². The monoisotopic (exact) mass is 297 g/mol. The molecule has 0 saturated carbocycles. The molecule has 0 aliphatic carbocycles. The highest BCUT2D eigenvalue weighted by Gasteiger charge is 2.17. The normalized spacial score (nSPS) is 11.2. The fraction of sp³-hybridized carbons (Fsp3) is 0.571. The molecule has 0 unspecified atom stereocenters.